The third kappa shape index (κ3) is 1.48. The van der Waals surface area contributed by atoms with Crippen molar-refractivity contribution in [3.05, 3.63) is 34.5 Å². The number of aliphatic hydroxyl groups is 1. The van der Waals surface area contributed by atoms with Crippen molar-refractivity contribution in [2.45, 2.75) is 13.0 Å². The van der Waals surface area contributed by atoms with E-state index in [0.29, 0.717) is 0 Å². The summed E-state index contributed by atoms with van der Waals surface area (Å²) in [5, 5.41) is 11.5. The van der Waals surface area contributed by atoms with Gasteiger partial charge in [0, 0.05) is 5.56 Å². The molecular weight excluding hydrogens is 161 g/mol. The van der Waals surface area contributed by atoms with Gasteiger partial charge < -0.3 is 5.11 Å². The monoisotopic (exact) mass is 169 g/mol. The van der Waals surface area contributed by atoms with E-state index in [1.165, 1.54) is 25.1 Å². The lowest BCUT2D eigenvalue weighted by molar-refractivity contribution is 0.194. The fraction of sp³-hybridized carbons (Fsp3) is 0.250. The molecule has 1 N–H and O–H groups in total. The Morgan fingerprint density at radius 1 is 1.58 bits per heavy atom. The Kier molecular flexibility index (Phi) is 2.50. The summed E-state index contributed by atoms with van der Waals surface area (Å²) >= 11 is 0. The van der Waals surface area contributed by atoms with Gasteiger partial charge in [-0.3, -0.25) is 0 Å². The van der Waals surface area contributed by atoms with Crippen LogP contribution in [0, 0.1) is 10.7 Å². The minimum Gasteiger partial charge on any atom is -0.389 e. The molecule has 3 nitrogen and oxygen atoms in total. The third-order valence-corrected chi connectivity index (χ3v) is 1.56. The highest BCUT2D eigenvalue weighted by molar-refractivity contribution is 5.42. The molecule has 0 aliphatic rings. The van der Waals surface area contributed by atoms with Crippen molar-refractivity contribution in [2.24, 2.45) is 5.18 Å². The summed E-state index contributed by atoms with van der Waals surface area (Å²) < 4.78 is 13.1. The van der Waals surface area contributed by atoms with Gasteiger partial charge >= 0.3 is 0 Å². The zero-order valence-electron chi connectivity index (χ0n) is 6.49. The van der Waals surface area contributed by atoms with E-state index in [-0.39, 0.29) is 11.3 Å². The lowest BCUT2D eigenvalue weighted by atomic mass is 10.1. The van der Waals surface area contributed by atoms with Crippen molar-refractivity contribution >= 4 is 5.69 Å². The number of hydrogen-bond acceptors (Lipinski definition) is 3. The van der Waals surface area contributed by atoms with Crippen molar-refractivity contribution < 1.29 is 9.50 Å². The van der Waals surface area contributed by atoms with Crippen LogP contribution >= 0.6 is 0 Å². The molecule has 0 saturated heterocycles. The average Bonchev–Trinajstić information content (AvgIpc) is 2.04. The number of benzene rings is 1. The molecule has 0 heterocycles. The Hall–Kier alpha value is -1.29. The minimum atomic E-state index is -0.924. The zero-order chi connectivity index (χ0) is 9.14. The molecule has 64 valence electrons. The normalized spacial score (nSPS) is 12.6. The van der Waals surface area contributed by atoms with Gasteiger partial charge in [0.2, 0.25) is 0 Å². The summed E-state index contributed by atoms with van der Waals surface area (Å²) in [6, 6.07) is 4.14. The predicted molar refractivity (Wildman–Crippen MR) is 42.5 cm³/mol. The number of nitroso groups, excluding NO2 is 1. The second kappa shape index (κ2) is 3.40. The van der Waals surface area contributed by atoms with E-state index in [1.807, 2.05) is 0 Å². The Labute approximate surface area is 68.8 Å². The molecule has 0 spiro atoms. The average molecular weight is 169 g/mol. The number of halogens is 1. The first-order chi connectivity index (χ1) is 5.66. The molecule has 1 rings (SSSR count). The van der Waals surface area contributed by atoms with Crippen LogP contribution in [-0.4, -0.2) is 5.11 Å². The maximum Gasteiger partial charge on any atom is 0.158 e. The van der Waals surface area contributed by atoms with Crippen LogP contribution in [0.5, 0.6) is 0 Å². The van der Waals surface area contributed by atoms with Crippen molar-refractivity contribution in [1.29, 1.82) is 0 Å². The summed E-state index contributed by atoms with van der Waals surface area (Å²) in [6.07, 6.45) is -0.924. The quantitative estimate of drug-likeness (QED) is 0.690. The number of rotatable bonds is 2. The lowest BCUT2D eigenvalue weighted by Crippen LogP contribution is -1.94. The molecule has 0 bridgehead atoms. The van der Waals surface area contributed by atoms with Crippen molar-refractivity contribution in [3.63, 3.8) is 0 Å². The Bertz CT molecular complexity index is 299. The van der Waals surface area contributed by atoms with Crippen LogP contribution in [0.15, 0.2) is 23.4 Å². The molecule has 0 aromatic heterocycles. The van der Waals surface area contributed by atoms with E-state index in [2.05, 4.69) is 5.18 Å². The van der Waals surface area contributed by atoms with Gasteiger partial charge in [-0.1, -0.05) is 12.1 Å². The van der Waals surface area contributed by atoms with Gasteiger partial charge in [-0.2, -0.15) is 0 Å². The van der Waals surface area contributed by atoms with Gasteiger partial charge in [-0.15, -0.1) is 4.91 Å². The summed E-state index contributed by atoms with van der Waals surface area (Å²) in [5.41, 5.74) is -0.180. The van der Waals surface area contributed by atoms with Crippen LogP contribution in [0.4, 0.5) is 10.1 Å². The largest absolute Gasteiger partial charge is 0.389 e. The molecule has 1 aromatic rings. The first kappa shape index (κ1) is 8.80. The van der Waals surface area contributed by atoms with E-state index >= 15 is 0 Å². The molecule has 0 radical (unpaired) electrons. The summed E-state index contributed by atoms with van der Waals surface area (Å²) in [7, 11) is 0. The second-order valence-electron chi connectivity index (χ2n) is 2.45. The van der Waals surface area contributed by atoms with Gasteiger partial charge in [0.05, 0.1) is 6.10 Å². The zero-order valence-corrected chi connectivity index (χ0v) is 6.49. The maximum absolute atomic E-state index is 13.1. The van der Waals surface area contributed by atoms with E-state index in [4.69, 9.17) is 5.11 Å². The van der Waals surface area contributed by atoms with Crippen molar-refractivity contribution in [1.82, 2.24) is 0 Å². The van der Waals surface area contributed by atoms with Crippen LogP contribution in [0.25, 0.3) is 0 Å². The van der Waals surface area contributed by atoms with Gasteiger partial charge in [0.15, 0.2) is 5.82 Å². The standard InChI is InChI=1S/C8H8FNO2/c1-5(11)6-3-2-4-7(10-12)8(6)9/h2-5,11H,1H3/t5-/m1/s1. The number of aliphatic hydroxyl groups excluding tert-OH is 1. The van der Waals surface area contributed by atoms with Gasteiger partial charge in [-0.25, -0.2) is 4.39 Å². The first-order valence-corrected chi connectivity index (χ1v) is 3.46. The summed E-state index contributed by atoms with van der Waals surface area (Å²) in [6.45, 7) is 1.42. The van der Waals surface area contributed by atoms with Crippen molar-refractivity contribution in [2.75, 3.05) is 0 Å². The van der Waals surface area contributed by atoms with Crippen LogP contribution < -0.4 is 0 Å². The maximum atomic E-state index is 13.1. The molecule has 0 aliphatic carbocycles. The molecule has 4 heteroatoms. The van der Waals surface area contributed by atoms with E-state index in [1.54, 1.807) is 0 Å². The highest BCUT2D eigenvalue weighted by atomic mass is 19.1. The van der Waals surface area contributed by atoms with Crippen LogP contribution in [-0.2, 0) is 0 Å². The second-order valence-corrected chi connectivity index (χ2v) is 2.45. The summed E-state index contributed by atoms with van der Waals surface area (Å²) in [5.74, 6) is -0.748. The number of nitrogens with zero attached hydrogens (tertiary/aromatic N) is 1. The summed E-state index contributed by atoms with van der Waals surface area (Å²) in [4.78, 5) is 10.0. The first-order valence-electron chi connectivity index (χ1n) is 3.46. The highest BCUT2D eigenvalue weighted by Gasteiger charge is 2.11. The van der Waals surface area contributed by atoms with Crippen LogP contribution in [0.3, 0.4) is 0 Å². The minimum absolute atomic E-state index is 0.0899. The van der Waals surface area contributed by atoms with Gasteiger partial charge in [0.25, 0.3) is 0 Å². The lowest BCUT2D eigenvalue weighted by Gasteiger charge is -2.05. The molecule has 1 aromatic carbocycles. The molecular formula is C8H8FNO2. The third-order valence-electron chi connectivity index (χ3n) is 1.56. The smallest absolute Gasteiger partial charge is 0.158 e. The van der Waals surface area contributed by atoms with E-state index in [9.17, 15) is 9.30 Å². The van der Waals surface area contributed by atoms with Crippen LogP contribution in [0.1, 0.15) is 18.6 Å². The predicted octanol–water partition coefficient (Wildman–Crippen LogP) is 2.28. The Balaban J connectivity index is 3.22. The SMILES string of the molecule is C[C@@H](O)c1cccc(N=O)c1F. The fourth-order valence-electron chi connectivity index (χ4n) is 0.930. The highest BCUT2D eigenvalue weighted by Crippen LogP contribution is 2.24. The van der Waals surface area contributed by atoms with Crippen LogP contribution in [0.2, 0.25) is 0 Å². The topological polar surface area (TPSA) is 49.7 Å². The van der Waals surface area contributed by atoms with Gasteiger partial charge in [-0.05, 0) is 18.2 Å². The van der Waals surface area contributed by atoms with E-state index in [0.717, 1.165) is 0 Å². The molecule has 0 amide bonds. The van der Waals surface area contributed by atoms with Crippen molar-refractivity contribution in [3.8, 4) is 0 Å². The Morgan fingerprint density at radius 3 is 2.75 bits per heavy atom. The Morgan fingerprint density at radius 2 is 2.25 bits per heavy atom. The fourth-order valence-corrected chi connectivity index (χ4v) is 0.930. The molecule has 0 saturated carbocycles. The van der Waals surface area contributed by atoms with Gasteiger partial charge in [0.1, 0.15) is 5.69 Å². The molecule has 0 unspecified atom stereocenters. The van der Waals surface area contributed by atoms with E-state index < -0.39 is 11.9 Å². The molecule has 12 heavy (non-hydrogen) atoms. The molecule has 0 fully saturated rings. The number of hydrogen-bond donors (Lipinski definition) is 1. The molecule has 1 atom stereocenters. The molecule has 0 aliphatic heterocycles.